The summed E-state index contributed by atoms with van der Waals surface area (Å²) in [7, 11) is 1.64. The third-order valence-corrected chi connectivity index (χ3v) is 4.44. The Morgan fingerprint density at radius 2 is 2.09 bits per heavy atom. The number of halogens is 1. The number of hydrogen-bond donors (Lipinski definition) is 2. The number of anilines is 1. The third-order valence-electron chi connectivity index (χ3n) is 3.82. The molecule has 3 N–H and O–H groups in total. The van der Waals surface area contributed by atoms with Gasteiger partial charge in [-0.1, -0.05) is 18.2 Å². The molecule has 0 amide bonds. The molecule has 0 saturated heterocycles. The van der Waals surface area contributed by atoms with Crippen molar-refractivity contribution < 1.29 is 4.74 Å². The molecule has 7 heteroatoms. The Balaban J connectivity index is 1.91. The van der Waals surface area contributed by atoms with E-state index in [-0.39, 0.29) is 6.17 Å². The number of fused-ring (bicyclic) bond motifs is 3. The molecule has 1 aliphatic heterocycles. The van der Waals surface area contributed by atoms with Gasteiger partial charge in [0.15, 0.2) is 12.1 Å². The van der Waals surface area contributed by atoms with Gasteiger partial charge in [-0.3, -0.25) is 9.88 Å². The van der Waals surface area contributed by atoms with E-state index in [0.717, 1.165) is 26.8 Å². The van der Waals surface area contributed by atoms with E-state index in [1.807, 2.05) is 47.0 Å². The summed E-state index contributed by atoms with van der Waals surface area (Å²) in [5.41, 5.74) is 8.84. The first-order valence-electron chi connectivity index (χ1n) is 7.08. The molecule has 116 valence electrons. The molecule has 1 atom stereocenters. The molecule has 23 heavy (non-hydrogen) atoms. The minimum absolute atomic E-state index is 0.277. The number of rotatable bonds is 2. The van der Waals surface area contributed by atoms with E-state index >= 15 is 0 Å². The van der Waals surface area contributed by atoms with Crippen LogP contribution in [0, 0.1) is 0 Å². The van der Waals surface area contributed by atoms with Gasteiger partial charge in [0.05, 0.1) is 22.6 Å². The van der Waals surface area contributed by atoms with Crippen LogP contribution in [0.3, 0.4) is 0 Å². The number of para-hydroxylation sites is 2. The van der Waals surface area contributed by atoms with Crippen molar-refractivity contribution in [3.63, 3.8) is 0 Å². The Kier molecular flexibility index (Phi) is 3.23. The van der Waals surface area contributed by atoms with Gasteiger partial charge in [-0.05, 0) is 45.8 Å². The molecule has 0 spiro atoms. The molecule has 2 aromatic carbocycles. The van der Waals surface area contributed by atoms with Gasteiger partial charge in [0, 0.05) is 0 Å². The summed E-state index contributed by atoms with van der Waals surface area (Å²) in [6, 6.07) is 13.8. The molecule has 0 fully saturated rings. The highest BCUT2D eigenvalue weighted by Gasteiger charge is 2.25. The molecule has 0 aliphatic carbocycles. The first-order valence-corrected chi connectivity index (χ1v) is 7.87. The molecule has 0 saturated carbocycles. The fourth-order valence-corrected chi connectivity index (χ4v) is 3.34. The summed E-state index contributed by atoms with van der Waals surface area (Å²) in [5.74, 6) is 1.82. The van der Waals surface area contributed by atoms with Crippen molar-refractivity contribution >= 4 is 38.9 Å². The third kappa shape index (κ3) is 2.24. The first-order chi connectivity index (χ1) is 11.2. The summed E-state index contributed by atoms with van der Waals surface area (Å²) < 4.78 is 8.21. The highest BCUT2D eigenvalue weighted by molar-refractivity contribution is 9.10. The number of guanidine groups is 1. The molecule has 0 radical (unpaired) electrons. The largest absolute Gasteiger partial charge is 0.496 e. The molecule has 4 rings (SSSR count). The number of benzene rings is 2. The molecule has 3 aromatic rings. The number of aliphatic imine (C=N–C) groups is 1. The predicted octanol–water partition coefficient (Wildman–Crippen LogP) is 3.09. The summed E-state index contributed by atoms with van der Waals surface area (Å²) >= 11 is 3.52. The Labute approximate surface area is 141 Å². The number of nitrogens with one attached hydrogen (secondary N) is 1. The zero-order valence-corrected chi connectivity index (χ0v) is 13.9. The van der Waals surface area contributed by atoms with Crippen molar-refractivity contribution in [2.75, 3.05) is 12.4 Å². The maximum atomic E-state index is 5.94. The molecule has 1 aromatic heterocycles. The second kappa shape index (κ2) is 5.27. The Hall–Kier alpha value is -2.54. The van der Waals surface area contributed by atoms with Gasteiger partial charge in [0.25, 0.3) is 0 Å². The number of nitrogens with two attached hydrogens (primary N) is 1. The van der Waals surface area contributed by atoms with E-state index < -0.39 is 0 Å². The minimum atomic E-state index is -0.277. The Morgan fingerprint density at radius 3 is 2.87 bits per heavy atom. The standard InChI is InChI=1S/C16H14BrN5O/c1-23-13-7-6-9(8-10(13)17)14-20-15(18)21-16-19-11-4-2-3-5-12(11)22(14)16/h2-8,14H,1H3,(H3,18,19,20,21). The average Bonchev–Trinajstić information content (AvgIpc) is 2.92. The number of nitrogens with zero attached hydrogens (tertiary/aromatic N) is 3. The van der Waals surface area contributed by atoms with Gasteiger partial charge in [-0.2, -0.15) is 0 Å². The van der Waals surface area contributed by atoms with E-state index in [9.17, 15) is 0 Å². The lowest BCUT2D eigenvalue weighted by Crippen LogP contribution is -2.31. The van der Waals surface area contributed by atoms with Gasteiger partial charge in [0.1, 0.15) is 5.75 Å². The summed E-state index contributed by atoms with van der Waals surface area (Å²) in [6.45, 7) is 0. The number of hydrogen-bond acceptors (Lipinski definition) is 5. The molecule has 2 heterocycles. The van der Waals surface area contributed by atoms with Gasteiger partial charge >= 0.3 is 0 Å². The van der Waals surface area contributed by atoms with Crippen LogP contribution in [0.5, 0.6) is 5.75 Å². The first kappa shape index (κ1) is 14.1. The van der Waals surface area contributed by atoms with Gasteiger partial charge in [-0.15, -0.1) is 0 Å². The fraction of sp³-hybridized carbons (Fsp3) is 0.125. The monoisotopic (exact) mass is 371 g/mol. The van der Waals surface area contributed by atoms with Crippen LogP contribution < -0.4 is 15.8 Å². The van der Waals surface area contributed by atoms with Gasteiger partial charge < -0.3 is 10.5 Å². The van der Waals surface area contributed by atoms with Crippen LogP contribution in [-0.2, 0) is 0 Å². The number of imidazole rings is 1. The minimum Gasteiger partial charge on any atom is -0.496 e. The highest BCUT2D eigenvalue weighted by Crippen LogP contribution is 2.35. The van der Waals surface area contributed by atoms with Crippen molar-refractivity contribution in [1.29, 1.82) is 0 Å². The maximum absolute atomic E-state index is 5.94. The maximum Gasteiger partial charge on any atom is 0.212 e. The van der Waals surface area contributed by atoms with E-state index in [1.165, 1.54) is 0 Å². The van der Waals surface area contributed by atoms with E-state index in [0.29, 0.717) is 11.9 Å². The molecule has 1 aliphatic rings. The lowest BCUT2D eigenvalue weighted by atomic mass is 10.1. The molecule has 1 unspecified atom stereocenters. The zero-order valence-electron chi connectivity index (χ0n) is 12.3. The number of methoxy groups -OCH3 is 1. The molecular formula is C16H14BrN5O. The van der Waals surface area contributed by atoms with Crippen LogP contribution in [0.15, 0.2) is 51.9 Å². The quantitative estimate of drug-likeness (QED) is 0.725. The van der Waals surface area contributed by atoms with Crippen molar-refractivity contribution in [2.45, 2.75) is 6.17 Å². The van der Waals surface area contributed by atoms with Crippen LogP contribution in [0.4, 0.5) is 5.95 Å². The van der Waals surface area contributed by atoms with Crippen LogP contribution in [0.25, 0.3) is 11.0 Å². The van der Waals surface area contributed by atoms with E-state index in [1.54, 1.807) is 7.11 Å². The van der Waals surface area contributed by atoms with Crippen molar-refractivity contribution in [1.82, 2.24) is 9.55 Å². The average molecular weight is 372 g/mol. The predicted molar refractivity (Wildman–Crippen MR) is 93.8 cm³/mol. The van der Waals surface area contributed by atoms with Crippen LogP contribution in [-0.4, -0.2) is 22.6 Å². The van der Waals surface area contributed by atoms with Crippen molar-refractivity contribution in [3.8, 4) is 5.75 Å². The fourth-order valence-electron chi connectivity index (χ4n) is 2.78. The number of ether oxygens (including phenoxy) is 1. The topological polar surface area (TPSA) is 77.5 Å². The summed E-state index contributed by atoms with van der Waals surface area (Å²) in [5, 5.41) is 3.03. The zero-order chi connectivity index (χ0) is 16.0. The second-order valence-corrected chi connectivity index (χ2v) is 6.06. The van der Waals surface area contributed by atoms with Crippen LogP contribution in [0.2, 0.25) is 0 Å². The van der Waals surface area contributed by atoms with E-state index in [4.69, 9.17) is 10.5 Å². The van der Waals surface area contributed by atoms with Crippen molar-refractivity contribution in [3.05, 3.63) is 52.5 Å². The van der Waals surface area contributed by atoms with Gasteiger partial charge in [0.2, 0.25) is 5.95 Å². The highest BCUT2D eigenvalue weighted by atomic mass is 79.9. The lowest BCUT2D eigenvalue weighted by molar-refractivity contribution is 0.411. The lowest BCUT2D eigenvalue weighted by Gasteiger charge is -2.24. The Bertz CT molecular complexity index is 933. The Morgan fingerprint density at radius 1 is 1.26 bits per heavy atom. The summed E-state index contributed by atoms with van der Waals surface area (Å²) in [6.07, 6.45) is -0.277. The number of aromatic nitrogens is 2. The molecular weight excluding hydrogens is 358 g/mol. The normalized spacial score (nSPS) is 16.6. The summed E-state index contributed by atoms with van der Waals surface area (Å²) in [4.78, 5) is 9.15. The van der Waals surface area contributed by atoms with Crippen molar-refractivity contribution in [2.24, 2.45) is 10.7 Å². The van der Waals surface area contributed by atoms with Crippen LogP contribution >= 0.6 is 15.9 Å². The van der Waals surface area contributed by atoms with E-state index in [2.05, 4.69) is 31.2 Å². The second-order valence-electron chi connectivity index (χ2n) is 5.20. The molecule has 6 nitrogen and oxygen atoms in total. The SMILES string of the molecule is COc1ccc(C2N=C(N)Nc3nc4ccccc4n32)cc1Br. The van der Waals surface area contributed by atoms with Gasteiger partial charge in [-0.25, -0.2) is 9.98 Å². The smallest absolute Gasteiger partial charge is 0.212 e. The molecule has 0 bridgehead atoms. The van der Waals surface area contributed by atoms with Crippen LogP contribution in [0.1, 0.15) is 11.7 Å².